The first-order chi connectivity index (χ1) is 2.50. The Morgan fingerprint density at radius 3 is 2.50 bits per heavy atom. The fourth-order valence-corrected chi connectivity index (χ4v) is 0.177. The van der Waals surface area contributed by atoms with Gasteiger partial charge in [0.2, 0.25) is 0 Å². The molecule has 0 amide bonds. The summed E-state index contributed by atoms with van der Waals surface area (Å²) in [5.41, 5.74) is 5.07. The molecule has 0 atom stereocenters. The van der Waals surface area contributed by atoms with Crippen LogP contribution in [0.15, 0.2) is 10.3 Å². The second-order valence-corrected chi connectivity index (χ2v) is 0.688. The third kappa shape index (κ3) is 1.13. The zero-order chi connectivity index (χ0) is 3.54. The highest BCUT2D eigenvalue weighted by Crippen LogP contribution is 1.68. The van der Waals surface area contributed by atoms with Crippen LogP contribution < -0.4 is 11.0 Å². The van der Waals surface area contributed by atoms with Crippen molar-refractivity contribution >= 4 is 11.0 Å². The Bertz CT molecular complexity index is 45.5. The molecule has 1 aliphatic heterocycles. The number of hydrogen-bond acceptors (Lipinski definition) is 4. The molecule has 0 saturated carbocycles. The van der Waals surface area contributed by atoms with Crippen LogP contribution in [0, 0.1) is 0 Å². The van der Waals surface area contributed by atoms with Crippen LogP contribution in [0.25, 0.3) is 0 Å². The van der Waals surface area contributed by atoms with Crippen molar-refractivity contribution in [3.8, 4) is 0 Å². The molecular weight excluding hydrogens is 96.1 g/mol. The molecule has 2 N–H and O–H groups in total. The lowest BCUT2D eigenvalue weighted by atomic mass is 11.2. The predicted molar refractivity (Wildman–Crippen MR) is 21.7 cm³/mol. The number of nitrogens with zero attached hydrogens (tertiary/aromatic N) is 2. The molecular formula is CH4N4Si. The first-order valence-electron chi connectivity index (χ1n) is 1.34. The Morgan fingerprint density at radius 2 is 2.33 bits per heavy atom. The zero-order valence-corrected chi connectivity index (χ0v) is 4.10. The van der Waals surface area contributed by atoms with Gasteiger partial charge in [-0.15, -0.1) is 0 Å². The number of nitrogens with one attached hydrogen (secondary N) is 2. The Labute approximate surface area is 40.0 Å². The van der Waals surface area contributed by atoms with Crippen LogP contribution in [-0.4, -0.2) is 17.6 Å². The number of hydrazine groups is 1. The van der Waals surface area contributed by atoms with Gasteiger partial charge in [0, 0.05) is 11.0 Å². The molecule has 0 aromatic heterocycles. The summed E-state index contributed by atoms with van der Waals surface area (Å²) in [5.74, 6) is 0. The van der Waals surface area contributed by atoms with E-state index in [1.54, 1.807) is 0 Å². The fourth-order valence-electron chi connectivity index (χ4n) is 0.177. The summed E-state index contributed by atoms with van der Waals surface area (Å²) in [6, 6.07) is 0. The predicted octanol–water partition coefficient (Wildman–Crippen LogP) is -0.962. The second-order valence-electron chi connectivity index (χ2n) is 0.688. The Morgan fingerprint density at radius 1 is 1.50 bits per heavy atom. The van der Waals surface area contributed by atoms with Crippen LogP contribution in [0.5, 0.6) is 0 Å². The van der Waals surface area contributed by atoms with Crippen LogP contribution >= 0.6 is 0 Å². The highest BCUT2D eigenvalue weighted by atomic mass is 28.1. The molecule has 1 rings (SSSR count). The first kappa shape index (κ1) is 5.58. The van der Waals surface area contributed by atoms with Crippen molar-refractivity contribution in [2.75, 3.05) is 6.67 Å². The maximum absolute atomic E-state index is 3.49. The van der Waals surface area contributed by atoms with Crippen molar-refractivity contribution < 1.29 is 0 Å². The van der Waals surface area contributed by atoms with Crippen molar-refractivity contribution in [2.24, 2.45) is 10.3 Å². The van der Waals surface area contributed by atoms with Crippen molar-refractivity contribution in [2.45, 2.75) is 0 Å². The third-order valence-electron chi connectivity index (χ3n) is 0.350. The molecule has 4 radical (unpaired) electrons. The molecule has 6 heavy (non-hydrogen) atoms. The summed E-state index contributed by atoms with van der Waals surface area (Å²) in [5, 5.41) is 6.83. The summed E-state index contributed by atoms with van der Waals surface area (Å²) in [6.07, 6.45) is 0. The molecule has 1 heterocycles. The lowest BCUT2D eigenvalue weighted by Gasteiger charge is -1.77. The van der Waals surface area contributed by atoms with E-state index in [1.807, 2.05) is 0 Å². The average Bonchev–Trinajstić information content (AvgIpc) is 1.76. The summed E-state index contributed by atoms with van der Waals surface area (Å²) in [4.78, 5) is 0. The molecule has 32 valence electrons. The largest absolute Gasteiger partial charge is 0.223 e. The van der Waals surface area contributed by atoms with E-state index in [2.05, 4.69) is 21.3 Å². The summed E-state index contributed by atoms with van der Waals surface area (Å²) >= 11 is 0. The van der Waals surface area contributed by atoms with Gasteiger partial charge in [0.05, 0.1) is 0 Å². The minimum absolute atomic E-state index is 0. The van der Waals surface area contributed by atoms with E-state index in [9.17, 15) is 0 Å². The maximum atomic E-state index is 3.49. The van der Waals surface area contributed by atoms with Gasteiger partial charge in [0.15, 0.2) is 0 Å². The lowest BCUT2D eigenvalue weighted by molar-refractivity contribution is 0.651. The summed E-state index contributed by atoms with van der Waals surface area (Å²) in [6.45, 7) is 0.597. The van der Waals surface area contributed by atoms with E-state index in [0.717, 1.165) is 0 Å². The van der Waals surface area contributed by atoms with Crippen LogP contribution in [0.2, 0.25) is 0 Å². The van der Waals surface area contributed by atoms with Crippen molar-refractivity contribution in [1.82, 2.24) is 11.0 Å². The van der Waals surface area contributed by atoms with Crippen LogP contribution in [-0.2, 0) is 0 Å². The molecule has 1 aliphatic rings. The Hall–Kier alpha value is -0.423. The Kier molecular flexibility index (Phi) is 2.60. The van der Waals surface area contributed by atoms with Crippen LogP contribution in [0.3, 0.4) is 0 Å². The molecule has 0 aliphatic carbocycles. The van der Waals surface area contributed by atoms with Crippen molar-refractivity contribution in [3.05, 3.63) is 0 Å². The minimum Gasteiger partial charge on any atom is -0.223 e. The molecule has 0 saturated heterocycles. The lowest BCUT2D eigenvalue weighted by Crippen LogP contribution is -2.19. The summed E-state index contributed by atoms with van der Waals surface area (Å²) < 4.78 is 0. The van der Waals surface area contributed by atoms with Gasteiger partial charge >= 0.3 is 0 Å². The van der Waals surface area contributed by atoms with E-state index >= 15 is 0 Å². The first-order valence-corrected chi connectivity index (χ1v) is 1.34. The van der Waals surface area contributed by atoms with Crippen molar-refractivity contribution in [3.63, 3.8) is 0 Å². The van der Waals surface area contributed by atoms with Crippen LogP contribution in [0.4, 0.5) is 0 Å². The molecule has 0 fully saturated rings. The SMILES string of the molecule is C1N=NNN1.[Si]. The van der Waals surface area contributed by atoms with Gasteiger partial charge in [-0.05, 0) is 0 Å². The molecule has 5 heteroatoms. The number of hydrogen-bond donors (Lipinski definition) is 2. The fraction of sp³-hybridized carbons (Fsp3) is 1.00. The molecule has 0 spiro atoms. The normalized spacial score (nSPS) is 16.0. The van der Waals surface area contributed by atoms with E-state index in [1.165, 1.54) is 0 Å². The van der Waals surface area contributed by atoms with Gasteiger partial charge < -0.3 is 0 Å². The van der Waals surface area contributed by atoms with Gasteiger partial charge in [-0.3, -0.25) is 0 Å². The zero-order valence-electron chi connectivity index (χ0n) is 3.10. The standard InChI is InChI=1S/CH4N4.Si/c1-2-4-5-3-1;/h1H2,(H,2,5)(H,3,4);. The Balaban J connectivity index is 0.000000250. The van der Waals surface area contributed by atoms with Gasteiger partial charge in [0.1, 0.15) is 6.67 Å². The monoisotopic (exact) mass is 100 g/mol. The van der Waals surface area contributed by atoms with Crippen LogP contribution in [0.1, 0.15) is 0 Å². The van der Waals surface area contributed by atoms with Gasteiger partial charge in [-0.1, -0.05) is 5.22 Å². The van der Waals surface area contributed by atoms with Gasteiger partial charge in [-0.25, -0.2) is 5.53 Å². The van der Waals surface area contributed by atoms with Gasteiger partial charge in [0.25, 0.3) is 0 Å². The quantitative estimate of drug-likeness (QED) is 0.385. The third-order valence-corrected chi connectivity index (χ3v) is 0.350. The minimum atomic E-state index is 0. The molecule has 0 aromatic carbocycles. The van der Waals surface area contributed by atoms with Gasteiger partial charge in [-0.2, -0.15) is 10.5 Å². The topological polar surface area (TPSA) is 48.8 Å². The molecule has 0 bridgehead atoms. The average molecular weight is 100 g/mol. The second kappa shape index (κ2) is 2.80. The van der Waals surface area contributed by atoms with E-state index < -0.39 is 0 Å². The summed E-state index contributed by atoms with van der Waals surface area (Å²) in [7, 11) is 0. The molecule has 4 nitrogen and oxygen atoms in total. The van der Waals surface area contributed by atoms with Crippen molar-refractivity contribution in [1.29, 1.82) is 0 Å². The highest BCUT2D eigenvalue weighted by Gasteiger charge is 1.81. The molecule has 0 unspecified atom stereocenters. The molecule has 0 aromatic rings. The number of rotatable bonds is 0. The smallest absolute Gasteiger partial charge is 0.130 e. The maximum Gasteiger partial charge on any atom is 0.130 e. The van der Waals surface area contributed by atoms with E-state index in [4.69, 9.17) is 0 Å². The van der Waals surface area contributed by atoms with E-state index in [0.29, 0.717) is 6.67 Å². The van der Waals surface area contributed by atoms with E-state index in [-0.39, 0.29) is 11.0 Å². The highest BCUT2D eigenvalue weighted by molar-refractivity contribution is 5.75.